The lowest BCUT2D eigenvalue weighted by atomic mass is 9.80. The Morgan fingerprint density at radius 1 is 1.30 bits per heavy atom. The van der Waals surface area contributed by atoms with Gasteiger partial charge >= 0.3 is 5.97 Å². The van der Waals surface area contributed by atoms with Gasteiger partial charge in [0.1, 0.15) is 6.07 Å². The van der Waals surface area contributed by atoms with Crippen LogP contribution in [0.4, 0.5) is 5.82 Å². The Balaban J connectivity index is 2.13. The van der Waals surface area contributed by atoms with Crippen molar-refractivity contribution in [2.75, 3.05) is 11.9 Å². The second-order valence-electron chi connectivity index (χ2n) is 5.22. The molecular weight excluding hydrogens is 256 g/mol. The van der Waals surface area contributed by atoms with Crippen LogP contribution in [0.1, 0.15) is 44.2 Å². The SMILES string of the molecule is N#Cc1nccnc1NCC1(C(=O)O)CCCCCC1. The van der Waals surface area contributed by atoms with E-state index in [2.05, 4.69) is 15.3 Å². The Morgan fingerprint density at radius 2 is 1.95 bits per heavy atom. The van der Waals surface area contributed by atoms with Gasteiger partial charge in [-0.05, 0) is 12.8 Å². The highest BCUT2D eigenvalue weighted by molar-refractivity contribution is 5.75. The Kier molecular flexibility index (Phi) is 4.51. The van der Waals surface area contributed by atoms with Crippen molar-refractivity contribution in [3.05, 3.63) is 18.1 Å². The fourth-order valence-electron chi connectivity index (χ4n) is 2.67. The van der Waals surface area contributed by atoms with Crippen LogP contribution in [0.2, 0.25) is 0 Å². The van der Waals surface area contributed by atoms with Crippen LogP contribution < -0.4 is 5.32 Å². The van der Waals surface area contributed by atoms with Crippen molar-refractivity contribution in [2.45, 2.75) is 38.5 Å². The van der Waals surface area contributed by atoms with Crippen LogP contribution >= 0.6 is 0 Å². The fraction of sp³-hybridized carbons (Fsp3) is 0.571. The molecule has 6 nitrogen and oxygen atoms in total. The minimum atomic E-state index is -0.769. The molecule has 1 aromatic rings. The second kappa shape index (κ2) is 6.33. The van der Waals surface area contributed by atoms with E-state index in [0.717, 1.165) is 25.7 Å². The summed E-state index contributed by atoms with van der Waals surface area (Å²) in [4.78, 5) is 19.6. The zero-order chi connectivity index (χ0) is 14.4. The largest absolute Gasteiger partial charge is 0.481 e. The van der Waals surface area contributed by atoms with Crippen LogP contribution in [0.15, 0.2) is 12.4 Å². The number of aliphatic carboxylic acids is 1. The Hall–Kier alpha value is -2.16. The summed E-state index contributed by atoms with van der Waals surface area (Å²) < 4.78 is 0. The van der Waals surface area contributed by atoms with Crippen LogP contribution in [0.25, 0.3) is 0 Å². The average molecular weight is 274 g/mol. The number of aromatic nitrogens is 2. The molecule has 0 spiro atoms. The summed E-state index contributed by atoms with van der Waals surface area (Å²) in [6.45, 7) is 0.287. The van der Waals surface area contributed by atoms with E-state index in [4.69, 9.17) is 5.26 Å². The monoisotopic (exact) mass is 274 g/mol. The van der Waals surface area contributed by atoms with Gasteiger partial charge in [-0.1, -0.05) is 25.7 Å². The number of nitrogens with one attached hydrogen (secondary N) is 1. The van der Waals surface area contributed by atoms with Crippen molar-refractivity contribution >= 4 is 11.8 Å². The molecule has 6 heteroatoms. The van der Waals surface area contributed by atoms with Crippen LogP contribution in [0, 0.1) is 16.7 Å². The molecule has 0 bridgehead atoms. The first-order valence-electron chi connectivity index (χ1n) is 6.86. The van der Waals surface area contributed by atoms with Crippen molar-refractivity contribution in [1.82, 2.24) is 9.97 Å². The Labute approximate surface area is 117 Å². The number of anilines is 1. The summed E-state index contributed by atoms with van der Waals surface area (Å²) in [5.41, 5.74) is -0.567. The van der Waals surface area contributed by atoms with Gasteiger partial charge in [-0.2, -0.15) is 5.26 Å². The maximum Gasteiger partial charge on any atom is 0.311 e. The quantitative estimate of drug-likeness (QED) is 0.816. The second-order valence-corrected chi connectivity index (χ2v) is 5.22. The van der Waals surface area contributed by atoms with E-state index in [0.29, 0.717) is 18.7 Å². The molecule has 0 saturated heterocycles. The first-order chi connectivity index (χ1) is 9.68. The third-order valence-electron chi connectivity index (χ3n) is 3.91. The lowest BCUT2D eigenvalue weighted by Gasteiger charge is -2.28. The van der Waals surface area contributed by atoms with Crippen molar-refractivity contribution in [2.24, 2.45) is 5.41 Å². The molecule has 1 saturated carbocycles. The molecule has 2 rings (SSSR count). The molecule has 1 fully saturated rings. The molecule has 1 aromatic heterocycles. The van der Waals surface area contributed by atoms with E-state index in [1.807, 2.05) is 6.07 Å². The smallest absolute Gasteiger partial charge is 0.311 e. The van der Waals surface area contributed by atoms with Crippen molar-refractivity contribution in [3.63, 3.8) is 0 Å². The minimum absolute atomic E-state index is 0.196. The molecule has 0 unspecified atom stereocenters. The fourth-order valence-corrected chi connectivity index (χ4v) is 2.67. The number of hydrogen-bond donors (Lipinski definition) is 2. The molecule has 1 aliphatic carbocycles. The van der Waals surface area contributed by atoms with E-state index < -0.39 is 11.4 Å². The van der Waals surface area contributed by atoms with Gasteiger partial charge in [0.25, 0.3) is 0 Å². The van der Waals surface area contributed by atoms with E-state index >= 15 is 0 Å². The molecule has 106 valence electrons. The summed E-state index contributed by atoms with van der Waals surface area (Å²) in [6, 6.07) is 1.95. The summed E-state index contributed by atoms with van der Waals surface area (Å²) in [7, 11) is 0. The average Bonchev–Trinajstić information content (AvgIpc) is 2.72. The summed E-state index contributed by atoms with van der Waals surface area (Å²) in [6.07, 6.45) is 8.30. The maximum absolute atomic E-state index is 11.7. The van der Waals surface area contributed by atoms with Gasteiger partial charge in [0.2, 0.25) is 0 Å². The molecule has 1 aliphatic rings. The molecule has 0 aromatic carbocycles. The molecule has 0 aliphatic heterocycles. The predicted octanol–water partition coefficient (Wildman–Crippen LogP) is 2.19. The first-order valence-corrected chi connectivity index (χ1v) is 6.86. The van der Waals surface area contributed by atoms with E-state index in [1.54, 1.807) is 0 Å². The van der Waals surface area contributed by atoms with E-state index in [9.17, 15) is 9.90 Å². The maximum atomic E-state index is 11.7. The van der Waals surface area contributed by atoms with Gasteiger partial charge in [-0.3, -0.25) is 4.79 Å². The van der Waals surface area contributed by atoms with Gasteiger partial charge in [-0.15, -0.1) is 0 Å². The van der Waals surface area contributed by atoms with Crippen LogP contribution in [0.3, 0.4) is 0 Å². The number of rotatable bonds is 4. The summed E-state index contributed by atoms with van der Waals surface area (Å²) in [5.74, 6) is -0.408. The molecule has 0 radical (unpaired) electrons. The highest BCUT2D eigenvalue weighted by atomic mass is 16.4. The highest BCUT2D eigenvalue weighted by Gasteiger charge is 2.38. The first kappa shape index (κ1) is 14.3. The lowest BCUT2D eigenvalue weighted by molar-refractivity contribution is -0.149. The summed E-state index contributed by atoms with van der Waals surface area (Å²) in [5, 5.41) is 21.5. The van der Waals surface area contributed by atoms with Gasteiger partial charge in [-0.25, -0.2) is 9.97 Å². The molecule has 0 atom stereocenters. The third-order valence-corrected chi connectivity index (χ3v) is 3.91. The number of nitrogens with zero attached hydrogens (tertiary/aromatic N) is 3. The lowest BCUT2D eigenvalue weighted by Crippen LogP contribution is -2.37. The number of hydrogen-bond acceptors (Lipinski definition) is 5. The van der Waals surface area contributed by atoms with Crippen molar-refractivity contribution in [3.8, 4) is 6.07 Å². The molecule has 20 heavy (non-hydrogen) atoms. The molecule has 2 N–H and O–H groups in total. The van der Waals surface area contributed by atoms with E-state index in [-0.39, 0.29) is 12.2 Å². The predicted molar refractivity (Wildman–Crippen MR) is 73.0 cm³/mol. The molecule has 0 amide bonds. The third kappa shape index (κ3) is 3.05. The zero-order valence-corrected chi connectivity index (χ0v) is 11.3. The van der Waals surface area contributed by atoms with Crippen molar-refractivity contribution < 1.29 is 9.90 Å². The van der Waals surface area contributed by atoms with Gasteiger partial charge < -0.3 is 10.4 Å². The standard InChI is InChI=1S/C14H18N4O2/c15-9-11-12(17-8-7-16-11)18-10-14(13(19)20)5-3-1-2-4-6-14/h7-8H,1-6,10H2,(H,17,18)(H,19,20). The van der Waals surface area contributed by atoms with Crippen LogP contribution in [-0.4, -0.2) is 27.6 Å². The van der Waals surface area contributed by atoms with Gasteiger partial charge in [0, 0.05) is 18.9 Å². The molecule has 1 heterocycles. The van der Waals surface area contributed by atoms with Gasteiger partial charge in [0.05, 0.1) is 5.41 Å². The molecular formula is C14H18N4O2. The zero-order valence-electron chi connectivity index (χ0n) is 11.3. The summed E-state index contributed by atoms with van der Waals surface area (Å²) >= 11 is 0. The van der Waals surface area contributed by atoms with Gasteiger partial charge in [0.15, 0.2) is 11.5 Å². The Bertz CT molecular complexity index is 516. The normalized spacial score (nSPS) is 17.8. The highest BCUT2D eigenvalue weighted by Crippen LogP contribution is 2.35. The van der Waals surface area contributed by atoms with Crippen molar-refractivity contribution in [1.29, 1.82) is 5.26 Å². The Morgan fingerprint density at radius 3 is 2.55 bits per heavy atom. The number of carbonyl (C=O) groups is 1. The number of carboxylic acid groups (broad SMARTS) is 1. The van der Waals surface area contributed by atoms with Crippen LogP contribution in [0.5, 0.6) is 0 Å². The number of nitriles is 1. The minimum Gasteiger partial charge on any atom is -0.481 e. The topological polar surface area (TPSA) is 98.9 Å². The van der Waals surface area contributed by atoms with E-state index in [1.165, 1.54) is 12.4 Å². The van der Waals surface area contributed by atoms with Crippen LogP contribution in [-0.2, 0) is 4.79 Å². The number of carboxylic acids is 1.